The van der Waals surface area contributed by atoms with Crippen LogP contribution in [0.4, 0.5) is 4.79 Å². The predicted octanol–water partition coefficient (Wildman–Crippen LogP) is 0.972. The fourth-order valence-electron chi connectivity index (χ4n) is 1.76. The zero-order valence-electron chi connectivity index (χ0n) is 12.4. The Morgan fingerprint density at radius 3 is 2.48 bits per heavy atom. The predicted molar refractivity (Wildman–Crippen MR) is 76.9 cm³/mol. The molecule has 21 heavy (non-hydrogen) atoms. The molecular formula is C14H20N2O5. The molecule has 2 amide bonds. The van der Waals surface area contributed by atoms with Crippen molar-refractivity contribution in [2.24, 2.45) is 0 Å². The van der Waals surface area contributed by atoms with Crippen LogP contribution >= 0.6 is 0 Å². The lowest BCUT2D eigenvalue weighted by molar-refractivity contribution is -0.137. The van der Waals surface area contributed by atoms with E-state index in [4.69, 9.17) is 14.6 Å². The second-order valence-electron chi connectivity index (χ2n) is 4.42. The maximum Gasteiger partial charge on any atom is 0.323 e. The van der Waals surface area contributed by atoms with E-state index in [9.17, 15) is 9.59 Å². The largest absolute Gasteiger partial charge is 0.493 e. The van der Waals surface area contributed by atoms with E-state index < -0.39 is 12.0 Å². The topological polar surface area (TPSA) is 88.1 Å². The van der Waals surface area contributed by atoms with Gasteiger partial charge >= 0.3 is 12.0 Å². The molecule has 2 N–H and O–H groups in total. The SMILES string of the molecule is COc1ccc(CCNC(=O)N(C)CC(=O)O)cc1OC. The molecule has 7 nitrogen and oxygen atoms in total. The molecule has 0 atom stereocenters. The number of rotatable bonds is 7. The second kappa shape index (κ2) is 7.98. The molecule has 0 spiro atoms. The Bertz CT molecular complexity index is 504. The normalized spacial score (nSPS) is 9.86. The average Bonchev–Trinajstić information content (AvgIpc) is 2.46. The van der Waals surface area contributed by atoms with Gasteiger partial charge in [0.05, 0.1) is 14.2 Å². The van der Waals surface area contributed by atoms with Gasteiger partial charge in [-0.3, -0.25) is 4.79 Å². The summed E-state index contributed by atoms with van der Waals surface area (Å²) in [5.74, 6) is 0.225. The van der Waals surface area contributed by atoms with Crippen molar-refractivity contribution in [2.75, 3.05) is 34.4 Å². The van der Waals surface area contributed by atoms with Crippen LogP contribution < -0.4 is 14.8 Å². The van der Waals surface area contributed by atoms with Gasteiger partial charge in [-0.25, -0.2) is 4.79 Å². The highest BCUT2D eigenvalue weighted by molar-refractivity contribution is 5.79. The van der Waals surface area contributed by atoms with E-state index in [0.717, 1.165) is 10.5 Å². The fraction of sp³-hybridized carbons (Fsp3) is 0.429. The van der Waals surface area contributed by atoms with Gasteiger partial charge in [0.25, 0.3) is 0 Å². The highest BCUT2D eigenvalue weighted by atomic mass is 16.5. The molecule has 0 aliphatic carbocycles. The summed E-state index contributed by atoms with van der Waals surface area (Å²) < 4.78 is 10.3. The van der Waals surface area contributed by atoms with Crippen molar-refractivity contribution in [3.8, 4) is 11.5 Å². The Labute approximate surface area is 123 Å². The molecule has 1 aromatic rings. The zero-order chi connectivity index (χ0) is 15.8. The average molecular weight is 296 g/mol. The van der Waals surface area contributed by atoms with Crippen molar-refractivity contribution in [3.63, 3.8) is 0 Å². The Morgan fingerprint density at radius 2 is 1.90 bits per heavy atom. The van der Waals surface area contributed by atoms with Crippen LogP contribution in [0.25, 0.3) is 0 Å². The maximum absolute atomic E-state index is 11.6. The number of urea groups is 1. The number of carboxylic acids is 1. The van der Waals surface area contributed by atoms with Gasteiger partial charge in [-0.2, -0.15) is 0 Å². The van der Waals surface area contributed by atoms with Gasteiger partial charge in [0, 0.05) is 13.6 Å². The fourth-order valence-corrected chi connectivity index (χ4v) is 1.76. The Balaban J connectivity index is 2.49. The molecule has 1 rings (SSSR count). The summed E-state index contributed by atoms with van der Waals surface area (Å²) in [5, 5.41) is 11.2. The molecule has 0 aliphatic rings. The summed E-state index contributed by atoms with van der Waals surface area (Å²) in [4.78, 5) is 23.2. The minimum Gasteiger partial charge on any atom is -0.493 e. The third-order valence-electron chi connectivity index (χ3n) is 2.86. The number of amides is 2. The van der Waals surface area contributed by atoms with Gasteiger partial charge in [-0.1, -0.05) is 6.07 Å². The van der Waals surface area contributed by atoms with E-state index in [1.165, 1.54) is 7.05 Å². The summed E-state index contributed by atoms with van der Waals surface area (Å²) in [6.45, 7) is 0.0699. The summed E-state index contributed by atoms with van der Waals surface area (Å²) in [6.07, 6.45) is 0.604. The van der Waals surface area contributed by atoms with E-state index in [1.54, 1.807) is 20.3 Å². The van der Waals surface area contributed by atoms with Gasteiger partial charge in [0.1, 0.15) is 6.54 Å². The number of carboxylic acid groups (broad SMARTS) is 1. The van der Waals surface area contributed by atoms with Gasteiger partial charge in [-0.15, -0.1) is 0 Å². The van der Waals surface area contributed by atoms with Crippen LogP contribution in [0.15, 0.2) is 18.2 Å². The van der Waals surface area contributed by atoms with Crippen LogP contribution in [0.2, 0.25) is 0 Å². The molecule has 0 fully saturated rings. The third kappa shape index (κ3) is 5.21. The number of carbonyl (C=O) groups is 2. The van der Waals surface area contributed by atoms with Crippen LogP contribution in [0.5, 0.6) is 11.5 Å². The Hall–Kier alpha value is -2.44. The van der Waals surface area contributed by atoms with Crippen LogP contribution in [0.3, 0.4) is 0 Å². The van der Waals surface area contributed by atoms with E-state index in [2.05, 4.69) is 5.32 Å². The molecule has 0 aliphatic heterocycles. The summed E-state index contributed by atoms with van der Waals surface area (Å²) in [5.41, 5.74) is 0.980. The van der Waals surface area contributed by atoms with Crippen molar-refractivity contribution in [3.05, 3.63) is 23.8 Å². The van der Waals surface area contributed by atoms with Crippen molar-refractivity contribution in [2.45, 2.75) is 6.42 Å². The molecule has 0 bridgehead atoms. The molecule has 7 heteroatoms. The van der Waals surface area contributed by atoms with Crippen molar-refractivity contribution in [1.82, 2.24) is 10.2 Å². The zero-order valence-corrected chi connectivity index (χ0v) is 12.4. The van der Waals surface area contributed by atoms with Crippen molar-refractivity contribution < 1.29 is 24.2 Å². The van der Waals surface area contributed by atoms with Crippen LogP contribution in [0.1, 0.15) is 5.56 Å². The lowest BCUT2D eigenvalue weighted by Crippen LogP contribution is -2.40. The van der Waals surface area contributed by atoms with Crippen LogP contribution in [0, 0.1) is 0 Å². The van der Waals surface area contributed by atoms with E-state index in [0.29, 0.717) is 24.5 Å². The molecule has 0 saturated carbocycles. The minimum atomic E-state index is -1.05. The lowest BCUT2D eigenvalue weighted by atomic mass is 10.1. The standard InChI is InChI=1S/C14H20N2O5/c1-16(9-13(17)18)14(19)15-7-6-10-4-5-11(20-2)12(8-10)21-3/h4-5,8H,6-7,9H2,1-3H3,(H,15,19)(H,17,18). The first-order chi connectivity index (χ1) is 9.97. The molecule has 0 radical (unpaired) electrons. The molecule has 0 unspecified atom stereocenters. The van der Waals surface area contributed by atoms with Gasteiger partial charge in [-0.05, 0) is 24.1 Å². The number of likely N-dealkylation sites (N-methyl/N-ethyl adjacent to an activating group) is 1. The molecule has 1 aromatic carbocycles. The number of aliphatic carboxylic acids is 1. The van der Waals surface area contributed by atoms with Crippen molar-refractivity contribution >= 4 is 12.0 Å². The van der Waals surface area contributed by atoms with Gasteiger partial charge < -0.3 is 24.8 Å². The second-order valence-corrected chi connectivity index (χ2v) is 4.42. The monoisotopic (exact) mass is 296 g/mol. The highest BCUT2D eigenvalue weighted by Crippen LogP contribution is 2.27. The number of hydrogen-bond acceptors (Lipinski definition) is 4. The number of benzene rings is 1. The number of methoxy groups -OCH3 is 2. The van der Waals surface area contributed by atoms with Crippen molar-refractivity contribution in [1.29, 1.82) is 0 Å². The molecule has 0 heterocycles. The quantitative estimate of drug-likeness (QED) is 0.783. The van der Waals surface area contributed by atoms with E-state index in [-0.39, 0.29) is 6.54 Å². The number of ether oxygens (including phenoxy) is 2. The third-order valence-corrected chi connectivity index (χ3v) is 2.86. The molecule has 0 aromatic heterocycles. The first-order valence-corrected chi connectivity index (χ1v) is 6.39. The first-order valence-electron chi connectivity index (χ1n) is 6.39. The minimum absolute atomic E-state index is 0.331. The summed E-state index contributed by atoms with van der Waals surface area (Å²) in [6, 6.07) is 5.10. The summed E-state index contributed by atoms with van der Waals surface area (Å²) >= 11 is 0. The number of nitrogens with one attached hydrogen (secondary N) is 1. The lowest BCUT2D eigenvalue weighted by Gasteiger charge is -2.15. The molecular weight excluding hydrogens is 276 g/mol. The van der Waals surface area contributed by atoms with Crippen LogP contribution in [-0.2, 0) is 11.2 Å². The Morgan fingerprint density at radius 1 is 1.24 bits per heavy atom. The maximum atomic E-state index is 11.6. The molecule has 116 valence electrons. The number of carbonyl (C=O) groups excluding carboxylic acids is 1. The molecule has 0 saturated heterocycles. The summed E-state index contributed by atoms with van der Waals surface area (Å²) in [7, 11) is 4.56. The van der Waals surface area contributed by atoms with Crippen LogP contribution in [-0.4, -0.2) is 56.4 Å². The van der Waals surface area contributed by atoms with Gasteiger partial charge in [0.15, 0.2) is 11.5 Å². The Kier molecular flexibility index (Phi) is 6.32. The first kappa shape index (κ1) is 16.6. The number of hydrogen-bond donors (Lipinski definition) is 2. The number of nitrogens with zero attached hydrogens (tertiary/aromatic N) is 1. The van der Waals surface area contributed by atoms with E-state index in [1.807, 2.05) is 12.1 Å². The highest BCUT2D eigenvalue weighted by Gasteiger charge is 2.11. The van der Waals surface area contributed by atoms with E-state index >= 15 is 0 Å². The van der Waals surface area contributed by atoms with Gasteiger partial charge in [0.2, 0.25) is 0 Å². The smallest absolute Gasteiger partial charge is 0.323 e.